The standard InChI is InChI=1S/C16H17N3O4/c1-2-18-14(21)15(22)19(16(18)23)10-13(20)17-8-7-11-5-3-4-6-12(11)9-17/h3-6H,2,7-10H2,1H3. The second kappa shape index (κ2) is 5.83. The number of benzene rings is 1. The average molecular weight is 315 g/mol. The highest BCUT2D eigenvalue weighted by Gasteiger charge is 2.44. The van der Waals surface area contributed by atoms with E-state index < -0.39 is 17.8 Å². The van der Waals surface area contributed by atoms with Crippen LogP contribution in [-0.4, -0.2) is 58.1 Å². The highest BCUT2D eigenvalue weighted by atomic mass is 16.2. The van der Waals surface area contributed by atoms with E-state index >= 15 is 0 Å². The molecule has 3 rings (SSSR count). The maximum absolute atomic E-state index is 12.4. The Bertz CT molecular complexity index is 700. The summed E-state index contributed by atoms with van der Waals surface area (Å²) < 4.78 is 0. The van der Waals surface area contributed by atoms with Crippen molar-refractivity contribution in [2.45, 2.75) is 19.9 Å². The normalized spacial score (nSPS) is 17.8. The summed E-state index contributed by atoms with van der Waals surface area (Å²) in [5.74, 6) is -2.12. The van der Waals surface area contributed by atoms with Crippen LogP contribution < -0.4 is 0 Å². The first kappa shape index (κ1) is 15.2. The summed E-state index contributed by atoms with van der Waals surface area (Å²) in [7, 11) is 0. The fourth-order valence-corrected chi connectivity index (χ4v) is 2.91. The van der Waals surface area contributed by atoms with Gasteiger partial charge in [0.15, 0.2) is 0 Å². The van der Waals surface area contributed by atoms with Gasteiger partial charge < -0.3 is 4.90 Å². The molecule has 7 heteroatoms. The number of hydrogen-bond donors (Lipinski definition) is 0. The Morgan fingerprint density at radius 2 is 1.70 bits per heavy atom. The molecule has 1 saturated heterocycles. The van der Waals surface area contributed by atoms with Crippen molar-refractivity contribution in [1.82, 2.24) is 14.7 Å². The van der Waals surface area contributed by atoms with E-state index in [4.69, 9.17) is 0 Å². The molecule has 120 valence electrons. The Labute approximate surface area is 133 Å². The fraction of sp³-hybridized carbons (Fsp3) is 0.375. The van der Waals surface area contributed by atoms with Crippen LogP contribution >= 0.6 is 0 Å². The Kier molecular flexibility index (Phi) is 3.85. The number of fused-ring (bicyclic) bond motifs is 1. The van der Waals surface area contributed by atoms with Crippen molar-refractivity contribution < 1.29 is 19.2 Å². The second-order valence-electron chi connectivity index (χ2n) is 5.56. The van der Waals surface area contributed by atoms with E-state index in [2.05, 4.69) is 0 Å². The predicted molar refractivity (Wildman–Crippen MR) is 80.1 cm³/mol. The highest BCUT2D eigenvalue weighted by molar-refractivity contribution is 6.45. The van der Waals surface area contributed by atoms with Crippen LogP contribution in [0.25, 0.3) is 0 Å². The van der Waals surface area contributed by atoms with E-state index in [1.54, 1.807) is 11.8 Å². The number of nitrogens with zero attached hydrogens (tertiary/aromatic N) is 3. The maximum atomic E-state index is 12.4. The molecule has 0 aliphatic carbocycles. The van der Waals surface area contributed by atoms with E-state index in [0.717, 1.165) is 21.8 Å². The third kappa shape index (κ3) is 2.58. The molecule has 1 aromatic rings. The summed E-state index contributed by atoms with van der Waals surface area (Å²) in [4.78, 5) is 51.1. The summed E-state index contributed by atoms with van der Waals surface area (Å²) in [5.41, 5.74) is 2.27. The molecular formula is C16H17N3O4. The Morgan fingerprint density at radius 3 is 2.35 bits per heavy atom. The minimum Gasteiger partial charge on any atom is -0.336 e. The van der Waals surface area contributed by atoms with Crippen molar-refractivity contribution in [3.63, 3.8) is 0 Å². The number of carbonyl (C=O) groups is 4. The zero-order chi connectivity index (χ0) is 16.6. The molecule has 0 saturated carbocycles. The summed E-state index contributed by atoms with van der Waals surface area (Å²) in [6, 6.07) is 7.15. The van der Waals surface area contributed by atoms with Crippen LogP contribution in [0, 0.1) is 0 Å². The number of hydrogen-bond acceptors (Lipinski definition) is 4. The van der Waals surface area contributed by atoms with Gasteiger partial charge in [0.25, 0.3) is 0 Å². The molecule has 7 nitrogen and oxygen atoms in total. The first-order valence-corrected chi connectivity index (χ1v) is 7.54. The van der Waals surface area contributed by atoms with Gasteiger partial charge in [-0.1, -0.05) is 24.3 Å². The predicted octanol–water partition coefficient (Wildman–Crippen LogP) is 0.382. The van der Waals surface area contributed by atoms with Crippen LogP contribution in [0.15, 0.2) is 24.3 Å². The summed E-state index contributed by atoms with van der Waals surface area (Å²) >= 11 is 0. The number of rotatable bonds is 3. The number of likely N-dealkylation sites (N-methyl/N-ethyl adjacent to an activating group) is 1. The zero-order valence-corrected chi connectivity index (χ0v) is 12.8. The van der Waals surface area contributed by atoms with Crippen LogP contribution in [0.5, 0.6) is 0 Å². The number of urea groups is 1. The van der Waals surface area contributed by atoms with Gasteiger partial charge in [0.05, 0.1) is 0 Å². The van der Waals surface area contributed by atoms with Gasteiger partial charge in [-0.25, -0.2) is 9.69 Å². The van der Waals surface area contributed by atoms with E-state index in [-0.39, 0.29) is 19.0 Å². The van der Waals surface area contributed by atoms with Crippen molar-refractivity contribution >= 4 is 23.8 Å². The topological polar surface area (TPSA) is 78.0 Å². The monoisotopic (exact) mass is 315 g/mol. The third-order valence-corrected chi connectivity index (χ3v) is 4.23. The van der Waals surface area contributed by atoms with Gasteiger partial charge in [-0.15, -0.1) is 0 Å². The molecule has 5 amide bonds. The summed E-state index contributed by atoms with van der Waals surface area (Å²) in [6.07, 6.45) is 0.740. The first-order valence-electron chi connectivity index (χ1n) is 7.54. The smallest absolute Gasteiger partial charge is 0.334 e. The van der Waals surface area contributed by atoms with Gasteiger partial charge in [0.1, 0.15) is 6.54 Å². The van der Waals surface area contributed by atoms with Crippen molar-refractivity contribution in [2.24, 2.45) is 0 Å². The molecule has 0 unspecified atom stereocenters. The molecule has 0 radical (unpaired) electrons. The van der Waals surface area contributed by atoms with Crippen molar-refractivity contribution in [1.29, 1.82) is 0 Å². The first-order chi connectivity index (χ1) is 11.0. The van der Waals surface area contributed by atoms with Gasteiger partial charge in [0.2, 0.25) is 5.91 Å². The molecule has 2 aliphatic rings. The molecule has 0 bridgehead atoms. The Hall–Kier alpha value is -2.70. The second-order valence-corrected chi connectivity index (χ2v) is 5.56. The largest absolute Gasteiger partial charge is 0.336 e. The van der Waals surface area contributed by atoms with Crippen LogP contribution in [0.4, 0.5) is 4.79 Å². The van der Waals surface area contributed by atoms with E-state index in [1.165, 1.54) is 5.56 Å². The molecule has 2 heterocycles. The molecule has 0 spiro atoms. The molecular weight excluding hydrogens is 298 g/mol. The quantitative estimate of drug-likeness (QED) is 0.597. The molecule has 0 atom stereocenters. The molecule has 2 aliphatic heterocycles. The van der Waals surface area contributed by atoms with Crippen LogP contribution in [0.2, 0.25) is 0 Å². The van der Waals surface area contributed by atoms with Crippen LogP contribution in [0.3, 0.4) is 0 Å². The molecule has 0 N–H and O–H groups in total. The van der Waals surface area contributed by atoms with Crippen molar-refractivity contribution in [2.75, 3.05) is 19.6 Å². The van der Waals surface area contributed by atoms with Gasteiger partial charge in [-0.05, 0) is 24.5 Å². The van der Waals surface area contributed by atoms with E-state index in [0.29, 0.717) is 13.1 Å². The molecule has 23 heavy (non-hydrogen) atoms. The van der Waals surface area contributed by atoms with Crippen LogP contribution in [0.1, 0.15) is 18.1 Å². The van der Waals surface area contributed by atoms with Gasteiger partial charge >= 0.3 is 17.8 Å². The molecule has 1 fully saturated rings. The lowest BCUT2D eigenvalue weighted by atomic mass is 10.00. The van der Waals surface area contributed by atoms with Gasteiger partial charge in [-0.3, -0.25) is 19.3 Å². The van der Waals surface area contributed by atoms with Crippen LogP contribution in [-0.2, 0) is 27.3 Å². The summed E-state index contributed by atoms with van der Waals surface area (Å²) in [6.45, 7) is 2.33. The van der Waals surface area contributed by atoms with Crippen molar-refractivity contribution in [3.05, 3.63) is 35.4 Å². The van der Waals surface area contributed by atoms with E-state index in [1.807, 2.05) is 24.3 Å². The molecule has 1 aromatic carbocycles. The Balaban J connectivity index is 1.70. The zero-order valence-electron chi connectivity index (χ0n) is 12.8. The number of amides is 5. The summed E-state index contributed by atoms with van der Waals surface area (Å²) in [5, 5.41) is 0. The van der Waals surface area contributed by atoms with Gasteiger partial charge in [-0.2, -0.15) is 0 Å². The lowest BCUT2D eigenvalue weighted by Gasteiger charge is -2.29. The average Bonchev–Trinajstić information content (AvgIpc) is 2.77. The molecule has 0 aromatic heterocycles. The SMILES string of the molecule is CCN1C(=O)C(=O)N(CC(=O)N2CCc3ccccc3C2)C1=O. The minimum absolute atomic E-state index is 0.116. The minimum atomic E-state index is -0.928. The maximum Gasteiger partial charge on any atom is 0.334 e. The fourth-order valence-electron chi connectivity index (χ4n) is 2.91. The van der Waals surface area contributed by atoms with Gasteiger partial charge in [0, 0.05) is 19.6 Å². The third-order valence-electron chi connectivity index (χ3n) is 4.23. The highest BCUT2D eigenvalue weighted by Crippen LogP contribution is 2.19. The lowest BCUT2D eigenvalue weighted by molar-refractivity contribution is -0.145. The Morgan fingerprint density at radius 1 is 1.04 bits per heavy atom. The lowest BCUT2D eigenvalue weighted by Crippen LogP contribution is -2.45. The van der Waals surface area contributed by atoms with E-state index in [9.17, 15) is 19.2 Å². The number of imide groups is 2. The van der Waals surface area contributed by atoms with Crippen molar-refractivity contribution in [3.8, 4) is 0 Å². The number of carbonyl (C=O) groups excluding carboxylic acids is 4.